The highest BCUT2D eigenvalue weighted by Crippen LogP contribution is 2.25. The maximum Gasteiger partial charge on any atom is 0.259 e. The minimum atomic E-state index is -0.485. The van der Waals surface area contributed by atoms with Crippen LogP contribution in [0.15, 0.2) is 53.6 Å². The molecular formula is C20H21N3O5. The van der Waals surface area contributed by atoms with Crippen LogP contribution in [0.2, 0.25) is 0 Å². The Kier molecular flexibility index (Phi) is 7.59. The molecule has 0 saturated carbocycles. The number of carbonyl (C=O) groups is 2. The molecule has 28 heavy (non-hydrogen) atoms. The van der Waals surface area contributed by atoms with E-state index in [1.807, 2.05) is 18.2 Å². The standard InChI is InChI=1S/C20H21N3O5/c1-27-17-6-4-3-5-15(17)8-10-19(25)21-13-20(26)23-22-12-14-7-9-16(24)18(11-14)28-2/h3-12,24H,13H2,1-2H3,(H,21,25)(H,23,26)/b10-8+,22-12-. The normalized spacial score (nSPS) is 10.8. The number of phenols is 1. The van der Waals surface area contributed by atoms with E-state index >= 15 is 0 Å². The highest BCUT2D eigenvalue weighted by molar-refractivity contribution is 5.94. The van der Waals surface area contributed by atoms with Gasteiger partial charge in [-0.2, -0.15) is 5.10 Å². The van der Waals surface area contributed by atoms with Crippen molar-refractivity contribution in [2.45, 2.75) is 0 Å². The molecule has 0 aliphatic carbocycles. The number of carbonyl (C=O) groups excluding carboxylic acids is 2. The lowest BCUT2D eigenvalue weighted by Gasteiger charge is -2.04. The smallest absolute Gasteiger partial charge is 0.259 e. The second kappa shape index (κ2) is 10.4. The Morgan fingerprint density at radius 3 is 2.61 bits per heavy atom. The van der Waals surface area contributed by atoms with Crippen LogP contribution in [0.25, 0.3) is 6.08 Å². The molecule has 8 nitrogen and oxygen atoms in total. The van der Waals surface area contributed by atoms with Gasteiger partial charge < -0.3 is 19.9 Å². The van der Waals surface area contributed by atoms with Crippen LogP contribution in [0.1, 0.15) is 11.1 Å². The van der Waals surface area contributed by atoms with E-state index in [4.69, 9.17) is 9.47 Å². The number of nitrogens with one attached hydrogen (secondary N) is 2. The van der Waals surface area contributed by atoms with Crippen molar-refractivity contribution in [1.82, 2.24) is 10.7 Å². The Morgan fingerprint density at radius 2 is 1.86 bits per heavy atom. The van der Waals surface area contributed by atoms with E-state index in [9.17, 15) is 14.7 Å². The molecule has 146 valence electrons. The van der Waals surface area contributed by atoms with Gasteiger partial charge in [0, 0.05) is 11.6 Å². The number of hydrogen-bond acceptors (Lipinski definition) is 6. The molecule has 2 amide bonds. The predicted molar refractivity (Wildman–Crippen MR) is 105 cm³/mol. The van der Waals surface area contributed by atoms with Crippen LogP contribution in [0.4, 0.5) is 0 Å². The van der Waals surface area contributed by atoms with Gasteiger partial charge in [-0.1, -0.05) is 18.2 Å². The summed E-state index contributed by atoms with van der Waals surface area (Å²) in [5.74, 6) is 0.0378. The summed E-state index contributed by atoms with van der Waals surface area (Å²) in [7, 11) is 2.98. The van der Waals surface area contributed by atoms with E-state index in [1.165, 1.54) is 25.5 Å². The lowest BCUT2D eigenvalue weighted by Crippen LogP contribution is -2.34. The molecule has 0 bridgehead atoms. The maximum atomic E-state index is 11.8. The van der Waals surface area contributed by atoms with Crippen molar-refractivity contribution in [2.24, 2.45) is 5.10 Å². The largest absolute Gasteiger partial charge is 0.504 e. The fourth-order valence-electron chi connectivity index (χ4n) is 2.19. The van der Waals surface area contributed by atoms with Crippen LogP contribution in [-0.4, -0.2) is 43.9 Å². The van der Waals surface area contributed by atoms with Crippen molar-refractivity contribution in [3.05, 3.63) is 59.7 Å². The number of aromatic hydroxyl groups is 1. The molecule has 0 saturated heterocycles. The molecule has 0 heterocycles. The monoisotopic (exact) mass is 383 g/mol. The van der Waals surface area contributed by atoms with Gasteiger partial charge >= 0.3 is 0 Å². The summed E-state index contributed by atoms with van der Waals surface area (Å²) in [6.45, 7) is -0.231. The third kappa shape index (κ3) is 6.17. The van der Waals surface area contributed by atoms with Gasteiger partial charge in [0.15, 0.2) is 11.5 Å². The van der Waals surface area contributed by atoms with Crippen LogP contribution in [0.5, 0.6) is 17.2 Å². The highest BCUT2D eigenvalue weighted by Gasteiger charge is 2.04. The van der Waals surface area contributed by atoms with E-state index in [-0.39, 0.29) is 12.3 Å². The molecule has 0 fully saturated rings. The molecule has 2 aromatic rings. The van der Waals surface area contributed by atoms with Gasteiger partial charge in [0.2, 0.25) is 5.91 Å². The van der Waals surface area contributed by atoms with Gasteiger partial charge in [-0.25, -0.2) is 5.43 Å². The summed E-state index contributed by atoms with van der Waals surface area (Å²) in [6.07, 6.45) is 4.31. The molecule has 0 aliphatic rings. The van der Waals surface area contributed by atoms with Gasteiger partial charge in [0.1, 0.15) is 5.75 Å². The van der Waals surface area contributed by atoms with Crippen molar-refractivity contribution in [3.8, 4) is 17.2 Å². The third-order valence-electron chi connectivity index (χ3n) is 3.58. The molecule has 0 spiro atoms. The van der Waals surface area contributed by atoms with E-state index in [2.05, 4.69) is 15.8 Å². The average molecular weight is 383 g/mol. The minimum Gasteiger partial charge on any atom is -0.504 e. The quantitative estimate of drug-likeness (QED) is 0.365. The second-order valence-corrected chi connectivity index (χ2v) is 5.52. The molecule has 2 rings (SSSR count). The first-order chi connectivity index (χ1) is 13.5. The average Bonchev–Trinajstić information content (AvgIpc) is 2.72. The molecule has 3 N–H and O–H groups in total. The van der Waals surface area contributed by atoms with E-state index < -0.39 is 11.8 Å². The zero-order chi connectivity index (χ0) is 20.4. The number of hydrogen-bond donors (Lipinski definition) is 3. The molecule has 8 heteroatoms. The van der Waals surface area contributed by atoms with Crippen molar-refractivity contribution in [3.63, 3.8) is 0 Å². The lowest BCUT2D eigenvalue weighted by molar-refractivity contribution is -0.123. The Morgan fingerprint density at radius 1 is 1.11 bits per heavy atom. The van der Waals surface area contributed by atoms with Crippen LogP contribution in [0, 0.1) is 0 Å². The number of para-hydroxylation sites is 1. The SMILES string of the molecule is COc1cc(/C=N\NC(=O)CNC(=O)/C=C/c2ccccc2OC)ccc1O. The third-order valence-corrected chi connectivity index (χ3v) is 3.58. The Balaban J connectivity index is 1.80. The topological polar surface area (TPSA) is 109 Å². The molecule has 0 aromatic heterocycles. The summed E-state index contributed by atoms with van der Waals surface area (Å²) in [6, 6.07) is 11.9. The first kappa shape index (κ1) is 20.5. The van der Waals surface area contributed by atoms with Crippen molar-refractivity contribution < 1.29 is 24.2 Å². The zero-order valence-corrected chi connectivity index (χ0v) is 15.5. The van der Waals surface area contributed by atoms with Crippen molar-refractivity contribution >= 4 is 24.1 Å². The number of amides is 2. The molecule has 0 unspecified atom stereocenters. The molecule has 0 atom stereocenters. The van der Waals surface area contributed by atoms with Crippen molar-refractivity contribution in [2.75, 3.05) is 20.8 Å². The first-order valence-corrected chi connectivity index (χ1v) is 8.31. The van der Waals surface area contributed by atoms with Crippen LogP contribution in [0.3, 0.4) is 0 Å². The highest BCUT2D eigenvalue weighted by atomic mass is 16.5. The van der Waals surface area contributed by atoms with Crippen LogP contribution in [-0.2, 0) is 9.59 Å². The first-order valence-electron chi connectivity index (χ1n) is 8.31. The van der Waals surface area contributed by atoms with Crippen LogP contribution >= 0.6 is 0 Å². The van der Waals surface area contributed by atoms with Gasteiger partial charge in [0.25, 0.3) is 5.91 Å². The summed E-state index contributed by atoms with van der Waals surface area (Å²) < 4.78 is 10.2. The minimum absolute atomic E-state index is 0.00701. The Labute approximate surface area is 162 Å². The summed E-state index contributed by atoms with van der Waals surface area (Å²) >= 11 is 0. The van der Waals surface area contributed by atoms with Gasteiger partial charge in [-0.3, -0.25) is 9.59 Å². The molecule has 0 radical (unpaired) electrons. The molecule has 2 aromatic carbocycles. The van der Waals surface area contributed by atoms with Gasteiger partial charge in [-0.05, 0) is 35.9 Å². The number of methoxy groups -OCH3 is 2. The summed E-state index contributed by atoms with van der Waals surface area (Å²) in [5.41, 5.74) is 3.67. The maximum absolute atomic E-state index is 11.8. The zero-order valence-electron chi connectivity index (χ0n) is 15.5. The van der Waals surface area contributed by atoms with E-state index in [1.54, 1.807) is 31.4 Å². The molecular weight excluding hydrogens is 362 g/mol. The van der Waals surface area contributed by atoms with E-state index in [0.29, 0.717) is 17.1 Å². The molecule has 0 aliphatic heterocycles. The number of rotatable bonds is 8. The van der Waals surface area contributed by atoms with Crippen molar-refractivity contribution in [1.29, 1.82) is 0 Å². The summed E-state index contributed by atoms with van der Waals surface area (Å²) in [4.78, 5) is 23.6. The Hall–Kier alpha value is -3.81. The second-order valence-electron chi connectivity index (χ2n) is 5.52. The number of hydrazone groups is 1. The van der Waals surface area contributed by atoms with Gasteiger partial charge in [0.05, 0.1) is 27.0 Å². The fourth-order valence-corrected chi connectivity index (χ4v) is 2.19. The number of phenolic OH excluding ortho intramolecular Hbond substituents is 1. The fraction of sp³-hybridized carbons (Fsp3) is 0.150. The summed E-state index contributed by atoms with van der Waals surface area (Å²) in [5, 5.41) is 15.8. The predicted octanol–water partition coefficient (Wildman–Crippen LogP) is 1.69. The number of benzene rings is 2. The van der Waals surface area contributed by atoms with E-state index in [0.717, 1.165) is 5.56 Å². The lowest BCUT2D eigenvalue weighted by atomic mass is 10.2. The number of ether oxygens (including phenoxy) is 2. The van der Waals surface area contributed by atoms with Crippen LogP contribution < -0.4 is 20.2 Å². The number of nitrogens with zero attached hydrogens (tertiary/aromatic N) is 1. The Bertz CT molecular complexity index is 893. The van der Waals surface area contributed by atoms with Gasteiger partial charge in [-0.15, -0.1) is 0 Å².